The minimum Gasteiger partial charge on any atom is -0.480 e. The monoisotopic (exact) mass is 513 g/mol. The van der Waals surface area contributed by atoms with Gasteiger partial charge in [-0.05, 0) is 29.7 Å². The second-order valence-electron chi connectivity index (χ2n) is 8.81. The number of carboxylic acid groups (broad SMARTS) is 1. The molecule has 0 aliphatic carbocycles. The molecule has 3 aromatic carbocycles. The number of nitrogens with one attached hydrogen (secondary N) is 3. The molecule has 0 saturated carbocycles. The van der Waals surface area contributed by atoms with Crippen LogP contribution in [0.15, 0.2) is 97.1 Å². The molecule has 8 nitrogen and oxygen atoms in total. The van der Waals surface area contributed by atoms with Gasteiger partial charge in [-0.2, -0.15) is 0 Å². The molecule has 0 fully saturated rings. The van der Waals surface area contributed by atoms with Crippen LogP contribution < -0.4 is 16.0 Å². The van der Waals surface area contributed by atoms with Crippen LogP contribution in [0, 0.1) is 0 Å². The van der Waals surface area contributed by atoms with Crippen molar-refractivity contribution in [3.63, 3.8) is 0 Å². The molecule has 0 radical (unpaired) electrons. The third-order valence-corrected chi connectivity index (χ3v) is 5.79. The zero-order valence-electron chi connectivity index (χ0n) is 21.0. The van der Waals surface area contributed by atoms with Gasteiger partial charge in [0.25, 0.3) is 0 Å². The fourth-order valence-electron chi connectivity index (χ4n) is 3.74. The van der Waals surface area contributed by atoms with Crippen molar-refractivity contribution in [2.45, 2.75) is 37.9 Å². The van der Waals surface area contributed by atoms with Crippen LogP contribution in [0.5, 0.6) is 0 Å². The van der Waals surface area contributed by atoms with E-state index in [-0.39, 0.29) is 12.8 Å². The molecule has 3 atom stereocenters. The molecule has 38 heavy (non-hydrogen) atoms. The van der Waals surface area contributed by atoms with Gasteiger partial charge >= 0.3 is 5.97 Å². The van der Waals surface area contributed by atoms with Crippen LogP contribution in [0.3, 0.4) is 0 Å². The van der Waals surface area contributed by atoms with Gasteiger partial charge in [0.1, 0.15) is 18.1 Å². The van der Waals surface area contributed by atoms with Gasteiger partial charge in [-0.3, -0.25) is 14.4 Å². The third kappa shape index (κ3) is 9.05. The molecule has 0 saturated heterocycles. The number of carboxylic acids is 1. The van der Waals surface area contributed by atoms with Gasteiger partial charge in [-0.15, -0.1) is 0 Å². The molecule has 0 spiro atoms. The first-order chi connectivity index (χ1) is 18.3. The summed E-state index contributed by atoms with van der Waals surface area (Å²) in [7, 11) is 0. The van der Waals surface area contributed by atoms with Crippen molar-refractivity contribution in [2.75, 3.05) is 0 Å². The summed E-state index contributed by atoms with van der Waals surface area (Å²) in [6, 6.07) is 24.1. The Morgan fingerprint density at radius 3 is 1.68 bits per heavy atom. The van der Waals surface area contributed by atoms with E-state index in [0.717, 1.165) is 16.7 Å². The van der Waals surface area contributed by atoms with E-state index >= 15 is 0 Å². The van der Waals surface area contributed by atoms with E-state index in [4.69, 9.17) is 0 Å². The van der Waals surface area contributed by atoms with E-state index in [1.165, 1.54) is 13.0 Å². The maximum absolute atomic E-state index is 13.2. The maximum atomic E-state index is 13.2. The first kappa shape index (κ1) is 27.9. The average molecular weight is 514 g/mol. The van der Waals surface area contributed by atoms with E-state index in [9.17, 15) is 24.3 Å². The fourth-order valence-corrected chi connectivity index (χ4v) is 3.74. The van der Waals surface area contributed by atoms with Crippen molar-refractivity contribution in [2.24, 2.45) is 0 Å². The highest BCUT2D eigenvalue weighted by Gasteiger charge is 2.28. The van der Waals surface area contributed by atoms with E-state index in [1.807, 2.05) is 66.7 Å². The van der Waals surface area contributed by atoms with E-state index in [1.54, 1.807) is 30.3 Å². The van der Waals surface area contributed by atoms with E-state index in [2.05, 4.69) is 16.0 Å². The zero-order valence-corrected chi connectivity index (χ0v) is 21.0. The number of benzene rings is 3. The van der Waals surface area contributed by atoms with Gasteiger partial charge in [-0.25, -0.2) is 4.79 Å². The molecule has 3 unspecified atom stereocenters. The van der Waals surface area contributed by atoms with E-state index in [0.29, 0.717) is 0 Å². The van der Waals surface area contributed by atoms with Crippen LogP contribution in [0.1, 0.15) is 23.6 Å². The van der Waals surface area contributed by atoms with Crippen LogP contribution in [0.4, 0.5) is 0 Å². The Morgan fingerprint density at radius 2 is 1.16 bits per heavy atom. The molecule has 3 aromatic rings. The van der Waals surface area contributed by atoms with Crippen molar-refractivity contribution < 1.29 is 24.3 Å². The van der Waals surface area contributed by atoms with Gasteiger partial charge in [-0.1, -0.05) is 91.0 Å². The lowest BCUT2D eigenvalue weighted by atomic mass is 10.0. The summed E-state index contributed by atoms with van der Waals surface area (Å²) in [5.74, 6) is -2.85. The molecule has 8 heteroatoms. The topological polar surface area (TPSA) is 125 Å². The number of amides is 3. The van der Waals surface area contributed by atoms with Crippen LogP contribution in [-0.2, 0) is 32.0 Å². The molecule has 0 aliphatic heterocycles. The zero-order chi connectivity index (χ0) is 27.3. The summed E-state index contributed by atoms with van der Waals surface area (Å²) in [5.41, 5.74) is 2.37. The van der Waals surface area contributed by atoms with Crippen molar-refractivity contribution >= 4 is 29.8 Å². The normalized spacial score (nSPS) is 13.2. The quantitative estimate of drug-likeness (QED) is 0.277. The first-order valence-electron chi connectivity index (χ1n) is 12.3. The van der Waals surface area contributed by atoms with Crippen LogP contribution >= 0.6 is 0 Å². The second kappa shape index (κ2) is 14.1. The Morgan fingerprint density at radius 1 is 0.684 bits per heavy atom. The van der Waals surface area contributed by atoms with Crippen LogP contribution in [0.25, 0.3) is 6.08 Å². The molecule has 3 rings (SSSR count). The Balaban J connectivity index is 1.67. The van der Waals surface area contributed by atoms with Crippen molar-refractivity contribution in [3.8, 4) is 0 Å². The average Bonchev–Trinajstić information content (AvgIpc) is 2.92. The lowest BCUT2D eigenvalue weighted by Crippen LogP contribution is -2.56. The summed E-state index contributed by atoms with van der Waals surface area (Å²) < 4.78 is 0. The Hall–Kier alpha value is -4.72. The van der Waals surface area contributed by atoms with Crippen LogP contribution in [0.2, 0.25) is 0 Å². The summed E-state index contributed by atoms with van der Waals surface area (Å²) in [5, 5.41) is 17.5. The van der Waals surface area contributed by atoms with Gasteiger partial charge in [0, 0.05) is 18.9 Å². The SMILES string of the molecule is CC(NC(=O)/C=C/c1ccccc1)C(=O)NC(Cc1ccccc1)C(=O)NC(Cc1ccccc1)C(=O)O. The summed E-state index contributed by atoms with van der Waals surface area (Å²) >= 11 is 0. The largest absolute Gasteiger partial charge is 0.480 e. The number of carbonyl (C=O) groups excluding carboxylic acids is 3. The van der Waals surface area contributed by atoms with Gasteiger partial charge in [0.2, 0.25) is 17.7 Å². The Bertz CT molecular complexity index is 1250. The van der Waals surface area contributed by atoms with E-state index < -0.39 is 41.8 Å². The lowest BCUT2D eigenvalue weighted by molar-refractivity contribution is -0.142. The second-order valence-corrected chi connectivity index (χ2v) is 8.81. The highest BCUT2D eigenvalue weighted by Crippen LogP contribution is 2.07. The van der Waals surface area contributed by atoms with Crippen molar-refractivity contribution in [3.05, 3.63) is 114 Å². The van der Waals surface area contributed by atoms with Gasteiger partial charge in [0.15, 0.2) is 0 Å². The molecular formula is C30H31N3O5. The minimum atomic E-state index is -1.18. The number of rotatable bonds is 12. The molecule has 0 aliphatic rings. The van der Waals surface area contributed by atoms with Crippen molar-refractivity contribution in [1.29, 1.82) is 0 Å². The summed E-state index contributed by atoms with van der Waals surface area (Å²) in [6.07, 6.45) is 3.19. The fraction of sp³-hybridized carbons (Fsp3) is 0.200. The third-order valence-electron chi connectivity index (χ3n) is 5.79. The predicted octanol–water partition coefficient (Wildman–Crippen LogP) is 2.74. The predicted molar refractivity (Wildman–Crippen MR) is 145 cm³/mol. The van der Waals surface area contributed by atoms with Gasteiger partial charge < -0.3 is 21.1 Å². The van der Waals surface area contributed by atoms with Crippen molar-refractivity contribution in [1.82, 2.24) is 16.0 Å². The standard InChI is InChI=1S/C30H31N3O5/c1-21(31-27(34)18-17-22-11-5-2-6-12-22)28(35)32-25(19-23-13-7-3-8-14-23)29(36)33-26(30(37)38)20-24-15-9-4-10-16-24/h2-18,21,25-26H,19-20H2,1H3,(H,31,34)(H,32,35)(H,33,36)(H,37,38)/b18-17+. The Labute approximate surface area is 221 Å². The highest BCUT2D eigenvalue weighted by atomic mass is 16.4. The molecule has 0 heterocycles. The smallest absolute Gasteiger partial charge is 0.326 e. The summed E-state index contributed by atoms with van der Waals surface area (Å²) in [6.45, 7) is 1.51. The Kier molecular flexibility index (Phi) is 10.4. The number of hydrogen-bond acceptors (Lipinski definition) is 4. The van der Waals surface area contributed by atoms with Gasteiger partial charge in [0.05, 0.1) is 0 Å². The molecule has 4 N–H and O–H groups in total. The summed E-state index contributed by atoms with van der Waals surface area (Å²) in [4.78, 5) is 50.3. The molecule has 3 amide bonds. The molecule has 0 bridgehead atoms. The number of aliphatic carboxylic acids is 1. The molecular weight excluding hydrogens is 482 g/mol. The molecule has 0 aromatic heterocycles. The minimum absolute atomic E-state index is 0.0914. The maximum Gasteiger partial charge on any atom is 0.326 e. The lowest BCUT2D eigenvalue weighted by Gasteiger charge is -2.23. The number of hydrogen-bond donors (Lipinski definition) is 4. The highest BCUT2D eigenvalue weighted by molar-refractivity contribution is 5.97. The first-order valence-corrected chi connectivity index (χ1v) is 12.3. The molecule has 196 valence electrons. The van der Waals surface area contributed by atoms with Crippen LogP contribution in [-0.4, -0.2) is 46.9 Å². The number of carbonyl (C=O) groups is 4.